The number of ether oxygens (including phenoxy) is 3. The van der Waals surface area contributed by atoms with Gasteiger partial charge in [0.1, 0.15) is 0 Å². The van der Waals surface area contributed by atoms with Crippen LogP contribution in [-0.2, 0) is 19.0 Å². The van der Waals surface area contributed by atoms with Crippen LogP contribution in [0.2, 0.25) is 0 Å². The molecule has 0 aromatic rings. The summed E-state index contributed by atoms with van der Waals surface area (Å²) in [7, 11) is 0. The van der Waals surface area contributed by atoms with Gasteiger partial charge in [0.2, 0.25) is 5.91 Å². The molecule has 124 valence electrons. The molecule has 6 heteroatoms. The van der Waals surface area contributed by atoms with Crippen molar-refractivity contribution < 1.29 is 19.0 Å². The molecule has 1 heterocycles. The number of carbonyl (C=O) groups is 1. The summed E-state index contributed by atoms with van der Waals surface area (Å²) in [5.41, 5.74) is 0. The van der Waals surface area contributed by atoms with Crippen molar-refractivity contribution in [2.24, 2.45) is 0 Å². The number of piperazine rings is 1. The quantitative estimate of drug-likeness (QED) is 0.537. The second-order valence-electron chi connectivity index (χ2n) is 5.19. The Morgan fingerprint density at radius 3 is 2.38 bits per heavy atom. The fraction of sp³-hybridized carbons (Fsp3) is 0.933. The number of nitrogens with one attached hydrogen (secondary N) is 1. The number of carbonyl (C=O) groups excluding carboxylic acids is 1. The van der Waals surface area contributed by atoms with Crippen LogP contribution < -0.4 is 5.32 Å². The van der Waals surface area contributed by atoms with E-state index in [-0.39, 0.29) is 11.9 Å². The van der Waals surface area contributed by atoms with E-state index in [1.54, 1.807) is 0 Å². The minimum absolute atomic E-state index is 0.0743. The maximum atomic E-state index is 11.8. The Hall–Kier alpha value is -0.690. The highest BCUT2D eigenvalue weighted by Crippen LogP contribution is 2.00. The third-order valence-electron chi connectivity index (χ3n) is 3.41. The van der Waals surface area contributed by atoms with Gasteiger partial charge in [0.15, 0.2) is 0 Å². The van der Waals surface area contributed by atoms with E-state index in [4.69, 9.17) is 14.2 Å². The summed E-state index contributed by atoms with van der Waals surface area (Å²) in [6.07, 6.45) is 2.26. The van der Waals surface area contributed by atoms with Crippen LogP contribution in [0.25, 0.3) is 0 Å². The third-order valence-corrected chi connectivity index (χ3v) is 3.41. The van der Waals surface area contributed by atoms with E-state index in [1.165, 1.54) is 0 Å². The molecule has 0 aromatic carbocycles. The van der Waals surface area contributed by atoms with Crippen LogP contribution in [0.5, 0.6) is 0 Å². The lowest BCUT2D eigenvalue weighted by Crippen LogP contribution is -2.54. The average Bonchev–Trinajstić information content (AvgIpc) is 2.49. The van der Waals surface area contributed by atoms with Gasteiger partial charge in [-0.05, 0) is 13.3 Å². The molecular weight excluding hydrogens is 272 g/mol. The molecule has 1 aliphatic rings. The van der Waals surface area contributed by atoms with Crippen molar-refractivity contribution in [1.82, 2.24) is 10.2 Å². The van der Waals surface area contributed by atoms with Crippen LogP contribution in [0.4, 0.5) is 0 Å². The smallest absolute Gasteiger partial charge is 0.239 e. The van der Waals surface area contributed by atoms with E-state index in [9.17, 15) is 4.79 Å². The molecular formula is C15H30N2O4. The summed E-state index contributed by atoms with van der Waals surface area (Å²) in [5, 5.41) is 3.14. The van der Waals surface area contributed by atoms with Gasteiger partial charge in [0.05, 0.1) is 39.1 Å². The lowest BCUT2D eigenvalue weighted by molar-refractivity contribution is -0.136. The van der Waals surface area contributed by atoms with Gasteiger partial charge in [-0.25, -0.2) is 0 Å². The topological polar surface area (TPSA) is 60.0 Å². The molecule has 0 saturated carbocycles. The van der Waals surface area contributed by atoms with Crippen molar-refractivity contribution >= 4 is 5.91 Å². The number of amides is 1. The Balaban J connectivity index is 1.85. The number of hydrogen-bond donors (Lipinski definition) is 1. The highest BCUT2D eigenvalue weighted by molar-refractivity contribution is 5.82. The number of rotatable bonds is 12. The molecule has 1 fully saturated rings. The van der Waals surface area contributed by atoms with Gasteiger partial charge >= 0.3 is 0 Å². The molecule has 0 bridgehead atoms. The van der Waals surface area contributed by atoms with Crippen LogP contribution >= 0.6 is 0 Å². The molecule has 0 aliphatic carbocycles. The zero-order chi connectivity index (χ0) is 15.3. The predicted octanol–water partition coefficient (Wildman–Crippen LogP) is 0.657. The predicted molar refractivity (Wildman–Crippen MR) is 81.4 cm³/mol. The molecule has 1 rings (SSSR count). The number of unbranched alkanes of at least 4 members (excludes halogenated alkanes) is 1. The van der Waals surface area contributed by atoms with Crippen molar-refractivity contribution in [2.75, 3.05) is 59.3 Å². The van der Waals surface area contributed by atoms with E-state index >= 15 is 0 Å². The summed E-state index contributed by atoms with van der Waals surface area (Å²) in [4.78, 5) is 13.7. The Bertz CT molecular complexity index is 276. The monoisotopic (exact) mass is 302 g/mol. The lowest BCUT2D eigenvalue weighted by atomic mass is 10.2. The van der Waals surface area contributed by atoms with Gasteiger partial charge in [0.25, 0.3) is 0 Å². The molecule has 0 radical (unpaired) electrons. The van der Waals surface area contributed by atoms with Crippen LogP contribution in [0.15, 0.2) is 0 Å². The summed E-state index contributed by atoms with van der Waals surface area (Å²) >= 11 is 0. The van der Waals surface area contributed by atoms with E-state index in [1.807, 2.05) is 11.8 Å². The molecule has 1 atom stereocenters. The van der Waals surface area contributed by atoms with Gasteiger partial charge in [-0.3, -0.25) is 4.79 Å². The Morgan fingerprint density at radius 1 is 1.10 bits per heavy atom. The second-order valence-corrected chi connectivity index (χ2v) is 5.19. The fourth-order valence-electron chi connectivity index (χ4n) is 2.07. The van der Waals surface area contributed by atoms with Crippen molar-refractivity contribution in [3.63, 3.8) is 0 Å². The summed E-state index contributed by atoms with van der Waals surface area (Å²) in [6.45, 7) is 10.1. The number of nitrogens with zero attached hydrogens (tertiary/aromatic N) is 1. The van der Waals surface area contributed by atoms with Gasteiger partial charge in [-0.2, -0.15) is 0 Å². The van der Waals surface area contributed by atoms with Crippen LogP contribution in [0, 0.1) is 0 Å². The molecule has 1 N–H and O–H groups in total. The Labute approximate surface area is 128 Å². The van der Waals surface area contributed by atoms with Crippen molar-refractivity contribution in [3.05, 3.63) is 0 Å². The standard InChI is InChI=1S/C15H30N2O4/c1-3-4-8-19-10-12-21-13-11-20-9-7-17-6-5-16-14(2)15(17)18/h14,16H,3-13H2,1-2H3. The summed E-state index contributed by atoms with van der Waals surface area (Å²) in [6, 6.07) is -0.0743. The zero-order valence-electron chi connectivity index (χ0n) is 13.4. The molecule has 1 unspecified atom stereocenters. The van der Waals surface area contributed by atoms with Crippen LogP contribution in [0.3, 0.4) is 0 Å². The minimum atomic E-state index is -0.0743. The van der Waals surface area contributed by atoms with Gasteiger partial charge in [-0.15, -0.1) is 0 Å². The zero-order valence-corrected chi connectivity index (χ0v) is 13.4. The second kappa shape index (κ2) is 11.9. The highest BCUT2D eigenvalue weighted by atomic mass is 16.5. The lowest BCUT2D eigenvalue weighted by Gasteiger charge is -2.31. The summed E-state index contributed by atoms with van der Waals surface area (Å²) in [5.74, 6) is 0.158. The van der Waals surface area contributed by atoms with E-state index in [2.05, 4.69) is 12.2 Å². The van der Waals surface area contributed by atoms with E-state index in [0.29, 0.717) is 39.6 Å². The van der Waals surface area contributed by atoms with Gasteiger partial charge in [0, 0.05) is 26.2 Å². The molecule has 1 amide bonds. The molecule has 1 saturated heterocycles. The third kappa shape index (κ3) is 8.36. The van der Waals surface area contributed by atoms with Crippen LogP contribution in [-0.4, -0.2) is 76.1 Å². The Kier molecular flexibility index (Phi) is 10.4. The Morgan fingerprint density at radius 2 is 1.71 bits per heavy atom. The van der Waals surface area contributed by atoms with Crippen LogP contribution in [0.1, 0.15) is 26.7 Å². The fourth-order valence-corrected chi connectivity index (χ4v) is 2.07. The maximum Gasteiger partial charge on any atom is 0.239 e. The van der Waals surface area contributed by atoms with Crippen molar-refractivity contribution in [3.8, 4) is 0 Å². The normalized spacial score (nSPS) is 19.2. The molecule has 0 aromatic heterocycles. The van der Waals surface area contributed by atoms with Crippen molar-refractivity contribution in [2.45, 2.75) is 32.7 Å². The minimum Gasteiger partial charge on any atom is -0.379 e. The SMILES string of the molecule is CCCCOCCOCCOCCN1CCNC(C)C1=O. The first-order valence-corrected chi connectivity index (χ1v) is 8.01. The first-order chi connectivity index (χ1) is 10.3. The molecule has 0 spiro atoms. The average molecular weight is 302 g/mol. The first kappa shape index (κ1) is 18.4. The number of hydrogen-bond acceptors (Lipinski definition) is 5. The highest BCUT2D eigenvalue weighted by Gasteiger charge is 2.23. The van der Waals surface area contributed by atoms with Gasteiger partial charge < -0.3 is 24.4 Å². The molecule has 1 aliphatic heterocycles. The largest absolute Gasteiger partial charge is 0.379 e. The maximum absolute atomic E-state index is 11.8. The van der Waals surface area contributed by atoms with Gasteiger partial charge in [-0.1, -0.05) is 13.3 Å². The van der Waals surface area contributed by atoms with E-state index < -0.39 is 0 Å². The van der Waals surface area contributed by atoms with Crippen molar-refractivity contribution in [1.29, 1.82) is 0 Å². The first-order valence-electron chi connectivity index (χ1n) is 8.01. The molecule has 21 heavy (non-hydrogen) atoms. The summed E-state index contributed by atoms with van der Waals surface area (Å²) < 4.78 is 16.3. The van der Waals surface area contributed by atoms with E-state index in [0.717, 1.165) is 32.5 Å². The molecule has 6 nitrogen and oxygen atoms in total.